The van der Waals surface area contributed by atoms with Gasteiger partial charge in [-0.3, -0.25) is 9.59 Å². The van der Waals surface area contributed by atoms with Gasteiger partial charge in [-0.05, 0) is 24.6 Å². The Kier molecular flexibility index (Phi) is 5.85. The number of carbonyl (C=O) groups excluding carboxylic acids is 2. The summed E-state index contributed by atoms with van der Waals surface area (Å²) >= 11 is 3.35. The van der Waals surface area contributed by atoms with E-state index in [1.807, 2.05) is 31.2 Å². The third kappa shape index (κ3) is 4.87. The Morgan fingerprint density at radius 3 is 2.50 bits per heavy atom. The fraction of sp³-hybridized carbons (Fsp3) is 0.385. The Morgan fingerprint density at radius 1 is 1.33 bits per heavy atom. The zero-order valence-corrected chi connectivity index (χ0v) is 12.0. The standard InChI is InChI=1S/C13H16BrNO3/c1-3-13(17)18-8-12(16)15-9(2)10-4-6-11(14)7-5-10/h4-7,9H,3,8H2,1-2H3,(H,15,16)/t9-/m1/s1. The van der Waals surface area contributed by atoms with E-state index in [0.29, 0.717) is 0 Å². The van der Waals surface area contributed by atoms with Gasteiger partial charge in [0.25, 0.3) is 5.91 Å². The summed E-state index contributed by atoms with van der Waals surface area (Å²) in [5.74, 6) is -0.673. The van der Waals surface area contributed by atoms with E-state index in [-0.39, 0.29) is 30.9 Å². The van der Waals surface area contributed by atoms with Crippen molar-refractivity contribution in [3.8, 4) is 0 Å². The zero-order valence-electron chi connectivity index (χ0n) is 10.4. The van der Waals surface area contributed by atoms with Crippen molar-refractivity contribution in [3.05, 3.63) is 34.3 Å². The molecule has 1 aromatic rings. The molecule has 0 aromatic heterocycles. The van der Waals surface area contributed by atoms with Gasteiger partial charge in [-0.25, -0.2) is 0 Å². The van der Waals surface area contributed by atoms with Crippen LogP contribution in [0.3, 0.4) is 0 Å². The second-order valence-electron chi connectivity index (χ2n) is 3.85. The van der Waals surface area contributed by atoms with E-state index >= 15 is 0 Å². The lowest BCUT2D eigenvalue weighted by Crippen LogP contribution is -2.31. The normalized spacial score (nSPS) is 11.7. The van der Waals surface area contributed by atoms with Gasteiger partial charge in [0.1, 0.15) is 0 Å². The van der Waals surface area contributed by atoms with Gasteiger partial charge in [0, 0.05) is 10.9 Å². The highest BCUT2D eigenvalue weighted by Crippen LogP contribution is 2.16. The number of benzene rings is 1. The van der Waals surface area contributed by atoms with Gasteiger partial charge < -0.3 is 10.1 Å². The average Bonchev–Trinajstić information content (AvgIpc) is 2.36. The Balaban J connectivity index is 2.44. The van der Waals surface area contributed by atoms with Crippen LogP contribution in [0.15, 0.2) is 28.7 Å². The topological polar surface area (TPSA) is 55.4 Å². The van der Waals surface area contributed by atoms with Gasteiger partial charge in [0.15, 0.2) is 6.61 Å². The summed E-state index contributed by atoms with van der Waals surface area (Å²) in [5, 5.41) is 2.76. The van der Waals surface area contributed by atoms with Crippen LogP contribution in [0.4, 0.5) is 0 Å². The molecule has 0 saturated carbocycles. The lowest BCUT2D eigenvalue weighted by molar-refractivity contribution is -0.148. The van der Waals surface area contributed by atoms with Crippen molar-refractivity contribution in [1.82, 2.24) is 5.32 Å². The third-order valence-corrected chi connectivity index (χ3v) is 2.93. The molecule has 0 fully saturated rings. The molecular formula is C13H16BrNO3. The second kappa shape index (κ2) is 7.16. The van der Waals surface area contributed by atoms with Crippen molar-refractivity contribution in [2.24, 2.45) is 0 Å². The molecule has 1 amide bonds. The quantitative estimate of drug-likeness (QED) is 0.850. The second-order valence-corrected chi connectivity index (χ2v) is 4.77. The molecule has 18 heavy (non-hydrogen) atoms. The van der Waals surface area contributed by atoms with Crippen molar-refractivity contribution in [1.29, 1.82) is 0 Å². The van der Waals surface area contributed by atoms with Crippen LogP contribution >= 0.6 is 15.9 Å². The van der Waals surface area contributed by atoms with E-state index < -0.39 is 0 Å². The first kappa shape index (κ1) is 14.7. The third-order valence-electron chi connectivity index (χ3n) is 2.40. The van der Waals surface area contributed by atoms with E-state index in [1.54, 1.807) is 6.92 Å². The van der Waals surface area contributed by atoms with Crippen molar-refractivity contribution in [2.75, 3.05) is 6.61 Å². The molecule has 0 aliphatic rings. The van der Waals surface area contributed by atoms with Crippen LogP contribution in [0.1, 0.15) is 31.9 Å². The largest absolute Gasteiger partial charge is 0.456 e. The highest BCUT2D eigenvalue weighted by Gasteiger charge is 2.10. The van der Waals surface area contributed by atoms with Gasteiger partial charge in [-0.15, -0.1) is 0 Å². The number of halogens is 1. The Bertz CT molecular complexity index is 417. The van der Waals surface area contributed by atoms with Crippen LogP contribution < -0.4 is 5.32 Å². The molecule has 0 radical (unpaired) electrons. The number of ether oxygens (including phenoxy) is 1. The molecule has 0 bridgehead atoms. The minimum absolute atomic E-state index is 0.120. The van der Waals surface area contributed by atoms with Crippen LogP contribution in [-0.4, -0.2) is 18.5 Å². The highest BCUT2D eigenvalue weighted by molar-refractivity contribution is 9.10. The van der Waals surface area contributed by atoms with E-state index in [0.717, 1.165) is 10.0 Å². The predicted octanol–water partition coefficient (Wildman–Crippen LogP) is 2.58. The molecule has 0 aliphatic heterocycles. The number of amides is 1. The fourth-order valence-corrected chi connectivity index (χ4v) is 1.63. The number of hydrogen-bond donors (Lipinski definition) is 1. The molecule has 1 aromatic carbocycles. The number of carbonyl (C=O) groups is 2. The maximum absolute atomic E-state index is 11.5. The number of rotatable bonds is 5. The molecule has 0 aliphatic carbocycles. The molecule has 98 valence electrons. The average molecular weight is 314 g/mol. The van der Waals surface area contributed by atoms with E-state index in [4.69, 9.17) is 4.74 Å². The summed E-state index contributed by atoms with van der Waals surface area (Å²) in [4.78, 5) is 22.4. The van der Waals surface area contributed by atoms with Crippen LogP contribution in [0.5, 0.6) is 0 Å². The first-order valence-corrected chi connectivity index (χ1v) is 6.52. The molecule has 1 atom stereocenters. The summed E-state index contributed by atoms with van der Waals surface area (Å²) in [6.45, 7) is 3.33. The van der Waals surface area contributed by atoms with Crippen molar-refractivity contribution < 1.29 is 14.3 Å². The number of hydrogen-bond acceptors (Lipinski definition) is 3. The maximum atomic E-state index is 11.5. The van der Waals surface area contributed by atoms with E-state index in [2.05, 4.69) is 21.2 Å². The van der Waals surface area contributed by atoms with Crippen LogP contribution in [0.25, 0.3) is 0 Å². The minimum Gasteiger partial charge on any atom is -0.456 e. The number of esters is 1. The maximum Gasteiger partial charge on any atom is 0.306 e. The van der Waals surface area contributed by atoms with Crippen LogP contribution in [0, 0.1) is 0 Å². The van der Waals surface area contributed by atoms with Crippen molar-refractivity contribution in [2.45, 2.75) is 26.3 Å². The van der Waals surface area contributed by atoms with Gasteiger partial charge in [-0.2, -0.15) is 0 Å². The van der Waals surface area contributed by atoms with Gasteiger partial charge in [0.05, 0.1) is 6.04 Å². The van der Waals surface area contributed by atoms with Gasteiger partial charge in [0.2, 0.25) is 0 Å². The predicted molar refractivity (Wildman–Crippen MR) is 71.9 cm³/mol. The minimum atomic E-state index is -0.374. The Labute approximate surface area is 115 Å². The summed E-state index contributed by atoms with van der Waals surface area (Å²) in [6, 6.07) is 7.55. The Hall–Kier alpha value is -1.36. The van der Waals surface area contributed by atoms with Crippen molar-refractivity contribution in [3.63, 3.8) is 0 Å². The monoisotopic (exact) mass is 313 g/mol. The van der Waals surface area contributed by atoms with Crippen LogP contribution in [0.2, 0.25) is 0 Å². The highest BCUT2D eigenvalue weighted by atomic mass is 79.9. The molecule has 1 rings (SSSR count). The van der Waals surface area contributed by atoms with Crippen LogP contribution in [-0.2, 0) is 14.3 Å². The lowest BCUT2D eigenvalue weighted by Gasteiger charge is -2.14. The molecule has 0 unspecified atom stereocenters. The SMILES string of the molecule is CCC(=O)OCC(=O)N[C@H](C)c1ccc(Br)cc1. The summed E-state index contributed by atoms with van der Waals surface area (Å²) in [7, 11) is 0. The first-order valence-electron chi connectivity index (χ1n) is 5.73. The lowest BCUT2D eigenvalue weighted by atomic mass is 10.1. The fourth-order valence-electron chi connectivity index (χ4n) is 1.37. The zero-order chi connectivity index (χ0) is 13.5. The molecule has 0 saturated heterocycles. The van der Waals surface area contributed by atoms with Crippen molar-refractivity contribution >= 4 is 27.8 Å². The van der Waals surface area contributed by atoms with Gasteiger partial charge >= 0.3 is 5.97 Å². The molecule has 1 N–H and O–H groups in total. The molecule has 0 heterocycles. The van der Waals surface area contributed by atoms with E-state index in [9.17, 15) is 9.59 Å². The molecule has 4 nitrogen and oxygen atoms in total. The molecular weight excluding hydrogens is 298 g/mol. The summed E-state index contributed by atoms with van der Waals surface area (Å²) < 4.78 is 5.74. The first-order chi connectivity index (χ1) is 8.52. The summed E-state index contributed by atoms with van der Waals surface area (Å²) in [5.41, 5.74) is 0.994. The Morgan fingerprint density at radius 2 is 1.94 bits per heavy atom. The molecule has 0 spiro atoms. The van der Waals surface area contributed by atoms with E-state index in [1.165, 1.54) is 0 Å². The number of nitrogens with one attached hydrogen (secondary N) is 1. The smallest absolute Gasteiger partial charge is 0.306 e. The molecule has 5 heteroatoms. The summed E-state index contributed by atoms with van der Waals surface area (Å²) in [6.07, 6.45) is 0.273. The van der Waals surface area contributed by atoms with Gasteiger partial charge in [-0.1, -0.05) is 35.0 Å².